The summed E-state index contributed by atoms with van der Waals surface area (Å²) in [6.07, 6.45) is 6.56. The van der Waals surface area contributed by atoms with Gasteiger partial charge >= 0.3 is 0 Å². The first kappa shape index (κ1) is 15.4. The van der Waals surface area contributed by atoms with Crippen molar-refractivity contribution in [2.24, 2.45) is 7.05 Å². The number of hydrogen-bond acceptors (Lipinski definition) is 4. The summed E-state index contributed by atoms with van der Waals surface area (Å²) in [7, 11) is 1.63. The summed E-state index contributed by atoms with van der Waals surface area (Å²) in [6.45, 7) is 0.680. The van der Waals surface area contributed by atoms with Gasteiger partial charge in [0.15, 0.2) is 0 Å². The Morgan fingerprint density at radius 2 is 2.09 bits per heavy atom. The molecule has 1 aliphatic rings. The molecular weight excluding hydrogens is 294 g/mol. The first-order valence-corrected chi connectivity index (χ1v) is 7.64. The van der Waals surface area contributed by atoms with Crippen LogP contribution in [0.1, 0.15) is 34.9 Å². The molecule has 1 aliphatic heterocycles. The average molecular weight is 313 g/mol. The minimum Gasteiger partial charge on any atom is -0.371 e. The molecule has 3 rings (SSSR count). The van der Waals surface area contributed by atoms with E-state index in [4.69, 9.17) is 4.74 Å². The number of pyridine rings is 2. The quantitative estimate of drug-likeness (QED) is 0.930. The monoisotopic (exact) mass is 313 g/mol. The molecule has 6 heteroatoms. The lowest BCUT2D eigenvalue weighted by Crippen LogP contribution is -2.43. The molecule has 1 amide bonds. The predicted octanol–water partition coefficient (Wildman–Crippen LogP) is 1.43. The van der Waals surface area contributed by atoms with Crippen LogP contribution in [0, 0.1) is 0 Å². The molecule has 0 bridgehead atoms. The fourth-order valence-corrected chi connectivity index (χ4v) is 2.79. The molecule has 2 aromatic heterocycles. The number of ether oxygens (including phenoxy) is 1. The van der Waals surface area contributed by atoms with E-state index in [1.165, 1.54) is 10.6 Å². The zero-order valence-corrected chi connectivity index (χ0v) is 12.9. The van der Waals surface area contributed by atoms with Gasteiger partial charge in [0.05, 0.1) is 11.6 Å². The number of carbonyl (C=O) groups excluding carboxylic acids is 1. The molecule has 6 nitrogen and oxygen atoms in total. The largest absolute Gasteiger partial charge is 0.371 e. The minimum absolute atomic E-state index is 0.101. The lowest BCUT2D eigenvalue weighted by Gasteiger charge is -2.32. The third-order valence-corrected chi connectivity index (χ3v) is 4.02. The van der Waals surface area contributed by atoms with Gasteiger partial charge in [0.1, 0.15) is 6.10 Å². The van der Waals surface area contributed by atoms with Crippen LogP contribution in [0.4, 0.5) is 0 Å². The van der Waals surface area contributed by atoms with Gasteiger partial charge in [-0.05, 0) is 36.6 Å². The van der Waals surface area contributed by atoms with E-state index in [1.807, 2.05) is 12.1 Å². The summed E-state index contributed by atoms with van der Waals surface area (Å²) < 4.78 is 7.25. The predicted molar refractivity (Wildman–Crippen MR) is 85.1 cm³/mol. The van der Waals surface area contributed by atoms with Crippen LogP contribution in [0.15, 0.2) is 47.7 Å². The van der Waals surface area contributed by atoms with Crippen molar-refractivity contribution >= 4 is 5.91 Å². The van der Waals surface area contributed by atoms with Gasteiger partial charge in [-0.1, -0.05) is 0 Å². The van der Waals surface area contributed by atoms with E-state index in [2.05, 4.69) is 10.3 Å². The lowest BCUT2D eigenvalue weighted by atomic mass is 9.96. The van der Waals surface area contributed by atoms with Gasteiger partial charge < -0.3 is 14.6 Å². The van der Waals surface area contributed by atoms with Crippen molar-refractivity contribution in [3.8, 4) is 0 Å². The summed E-state index contributed by atoms with van der Waals surface area (Å²) in [5, 5.41) is 3.03. The van der Waals surface area contributed by atoms with Crippen molar-refractivity contribution in [3.63, 3.8) is 0 Å². The molecular formula is C17H19N3O3. The van der Waals surface area contributed by atoms with E-state index in [-0.39, 0.29) is 23.6 Å². The van der Waals surface area contributed by atoms with Crippen LogP contribution in [-0.2, 0) is 11.8 Å². The zero-order chi connectivity index (χ0) is 16.2. The van der Waals surface area contributed by atoms with Gasteiger partial charge in [0.2, 0.25) is 5.56 Å². The van der Waals surface area contributed by atoms with E-state index >= 15 is 0 Å². The summed E-state index contributed by atoms with van der Waals surface area (Å²) in [6, 6.07) is 6.65. The normalized spacial score (nSPS) is 20.9. The Kier molecular flexibility index (Phi) is 4.52. The van der Waals surface area contributed by atoms with Crippen molar-refractivity contribution in [2.45, 2.75) is 25.0 Å². The molecule has 0 radical (unpaired) electrons. The first-order chi connectivity index (χ1) is 11.1. The molecule has 3 heterocycles. The number of carbonyl (C=O) groups is 1. The highest BCUT2D eigenvalue weighted by molar-refractivity contribution is 5.94. The number of nitrogens with one attached hydrogen (secondary N) is 1. The number of aromatic nitrogens is 2. The van der Waals surface area contributed by atoms with Crippen molar-refractivity contribution in [3.05, 3.63) is 64.3 Å². The second-order valence-electron chi connectivity index (χ2n) is 5.66. The maximum absolute atomic E-state index is 12.5. The SMILES string of the molecule is Cn1cc(C(=O)N[C@H]2CCCO[C@@H]2c2ccncc2)ccc1=O. The maximum Gasteiger partial charge on any atom is 0.253 e. The Labute approximate surface area is 134 Å². The van der Waals surface area contributed by atoms with Gasteiger partial charge in [-0.2, -0.15) is 0 Å². The molecule has 1 N–H and O–H groups in total. The summed E-state index contributed by atoms with van der Waals surface area (Å²) in [5.41, 5.74) is 1.33. The Balaban J connectivity index is 1.77. The molecule has 0 aromatic carbocycles. The Hall–Kier alpha value is -2.47. The number of aryl methyl sites for hydroxylation is 1. The molecule has 2 atom stereocenters. The highest BCUT2D eigenvalue weighted by Gasteiger charge is 2.29. The molecule has 23 heavy (non-hydrogen) atoms. The molecule has 0 aliphatic carbocycles. The Bertz CT molecular complexity index is 742. The smallest absolute Gasteiger partial charge is 0.253 e. The zero-order valence-electron chi connectivity index (χ0n) is 12.9. The van der Waals surface area contributed by atoms with Gasteiger partial charge in [-0.25, -0.2) is 0 Å². The second kappa shape index (κ2) is 6.75. The number of nitrogens with zero attached hydrogens (tertiary/aromatic N) is 2. The van der Waals surface area contributed by atoms with Crippen molar-refractivity contribution in [2.75, 3.05) is 6.61 Å². The second-order valence-corrected chi connectivity index (χ2v) is 5.66. The summed E-state index contributed by atoms with van der Waals surface area (Å²) in [5.74, 6) is -0.199. The average Bonchev–Trinajstić information content (AvgIpc) is 2.58. The number of amides is 1. The fraction of sp³-hybridized carbons (Fsp3) is 0.353. The molecule has 2 aromatic rings. The third-order valence-electron chi connectivity index (χ3n) is 4.02. The van der Waals surface area contributed by atoms with Gasteiger partial charge in [-0.3, -0.25) is 14.6 Å². The Morgan fingerprint density at radius 3 is 2.83 bits per heavy atom. The van der Waals surface area contributed by atoms with Crippen LogP contribution < -0.4 is 10.9 Å². The van der Waals surface area contributed by atoms with Gasteiger partial charge in [0.25, 0.3) is 5.91 Å². The van der Waals surface area contributed by atoms with E-state index < -0.39 is 0 Å². The van der Waals surface area contributed by atoms with E-state index in [0.717, 1.165) is 18.4 Å². The fourth-order valence-electron chi connectivity index (χ4n) is 2.79. The van der Waals surface area contributed by atoms with Gasteiger partial charge in [0, 0.05) is 38.3 Å². The van der Waals surface area contributed by atoms with Crippen LogP contribution in [0.2, 0.25) is 0 Å². The van der Waals surface area contributed by atoms with E-state index in [1.54, 1.807) is 31.7 Å². The summed E-state index contributed by atoms with van der Waals surface area (Å²) >= 11 is 0. The minimum atomic E-state index is -0.199. The van der Waals surface area contributed by atoms with Crippen LogP contribution in [0.5, 0.6) is 0 Å². The molecule has 0 unspecified atom stereocenters. The maximum atomic E-state index is 12.5. The molecule has 0 saturated carbocycles. The van der Waals surface area contributed by atoms with E-state index in [0.29, 0.717) is 12.2 Å². The third kappa shape index (κ3) is 3.48. The van der Waals surface area contributed by atoms with Crippen LogP contribution >= 0.6 is 0 Å². The number of rotatable bonds is 3. The van der Waals surface area contributed by atoms with Crippen molar-refractivity contribution in [1.82, 2.24) is 14.9 Å². The standard InChI is InChI=1S/C17H19N3O3/c1-20-11-13(4-5-15(20)21)17(22)19-14-3-2-10-23-16(14)12-6-8-18-9-7-12/h4-9,11,14,16H,2-3,10H2,1H3,(H,19,22)/t14-,16+/m0/s1. The van der Waals surface area contributed by atoms with Crippen molar-refractivity contribution < 1.29 is 9.53 Å². The van der Waals surface area contributed by atoms with Crippen LogP contribution in [0.25, 0.3) is 0 Å². The number of hydrogen-bond donors (Lipinski definition) is 1. The molecule has 120 valence electrons. The van der Waals surface area contributed by atoms with Crippen LogP contribution in [0.3, 0.4) is 0 Å². The lowest BCUT2D eigenvalue weighted by molar-refractivity contribution is -0.00950. The topological polar surface area (TPSA) is 73.2 Å². The van der Waals surface area contributed by atoms with Crippen LogP contribution in [-0.4, -0.2) is 28.1 Å². The highest BCUT2D eigenvalue weighted by atomic mass is 16.5. The van der Waals surface area contributed by atoms with E-state index in [9.17, 15) is 9.59 Å². The molecule has 0 spiro atoms. The molecule has 1 fully saturated rings. The summed E-state index contributed by atoms with van der Waals surface area (Å²) in [4.78, 5) is 27.9. The van der Waals surface area contributed by atoms with Gasteiger partial charge in [-0.15, -0.1) is 0 Å². The Morgan fingerprint density at radius 1 is 1.30 bits per heavy atom. The molecule has 1 saturated heterocycles. The highest BCUT2D eigenvalue weighted by Crippen LogP contribution is 2.28. The van der Waals surface area contributed by atoms with Crippen molar-refractivity contribution in [1.29, 1.82) is 0 Å². The first-order valence-electron chi connectivity index (χ1n) is 7.64.